The lowest BCUT2D eigenvalue weighted by molar-refractivity contribution is -0.137. The molecule has 10 heteroatoms. The van der Waals surface area contributed by atoms with E-state index in [0.29, 0.717) is 31.9 Å². The van der Waals surface area contributed by atoms with E-state index in [1.807, 2.05) is 4.90 Å². The van der Waals surface area contributed by atoms with Crippen molar-refractivity contribution in [3.05, 3.63) is 53.2 Å². The maximum Gasteiger partial charge on any atom is 0.416 e. The molecule has 0 saturated carbocycles. The molecular weight excluding hydrogens is 391 g/mol. The minimum absolute atomic E-state index is 0.178. The second kappa shape index (κ2) is 9.38. The van der Waals surface area contributed by atoms with Gasteiger partial charge in [0.1, 0.15) is 6.26 Å². The average molecular weight is 413 g/mol. The van der Waals surface area contributed by atoms with Crippen molar-refractivity contribution in [2.45, 2.75) is 19.3 Å². The fourth-order valence-electron chi connectivity index (χ4n) is 3.05. The quantitative estimate of drug-likeness (QED) is 0.713. The highest BCUT2D eigenvalue weighted by molar-refractivity contribution is 5.84. The maximum absolute atomic E-state index is 12.8. The summed E-state index contributed by atoms with van der Waals surface area (Å²) >= 11 is 0. The van der Waals surface area contributed by atoms with Gasteiger partial charge >= 0.3 is 12.1 Å². The summed E-state index contributed by atoms with van der Waals surface area (Å²) in [6.07, 6.45) is -3.30. The van der Waals surface area contributed by atoms with Crippen LogP contribution in [0, 0.1) is 0 Å². The zero-order chi connectivity index (χ0) is 20.9. The number of aromatic carboxylic acids is 1. The van der Waals surface area contributed by atoms with Crippen LogP contribution in [0.1, 0.15) is 27.5 Å². The lowest BCUT2D eigenvalue weighted by Gasteiger charge is -2.29. The number of nitrogens with zero attached hydrogens (tertiary/aromatic N) is 3. The Morgan fingerprint density at radius 1 is 1.17 bits per heavy atom. The number of carboxylic acids is 1. The smallest absolute Gasteiger partial charge is 0.416 e. The van der Waals surface area contributed by atoms with Gasteiger partial charge in [0, 0.05) is 32.7 Å². The van der Waals surface area contributed by atoms with Gasteiger partial charge in [-0.15, -0.1) is 0 Å². The summed E-state index contributed by atoms with van der Waals surface area (Å²) in [5.74, 6) is -0.932. The molecule has 0 amide bonds. The molecule has 1 aromatic carbocycles. The number of morpholine rings is 1. The van der Waals surface area contributed by atoms with Gasteiger partial charge < -0.3 is 14.3 Å². The summed E-state index contributed by atoms with van der Waals surface area (Å²) in [5, 5.41) is 8.99. The number of rotatable bonds is 8. The van der Waals surface area contributed by atoms with Gasteiger partial charge in [0.05, 0.1) is 25.3 Å². The Hall–Kier alpha value is -2.43. The molecule has 1 aromatic heterocycles. The van der Waals surface area contributed by atoms with Gasteiger partial charge in [-0.05, 0) is 17.7 Å². The monoisotopic (exact) mass is 413 g/mol. The molecule has 1 saturated heterocycles. The highest BCUT2D eigenvalue weighted by Gasteiger charge is 2.30. The Bertz CT molecular complexity index is 802. The van der Waals surface area contributed by atoms with Crippen molar-refractivity contribution in [1.82, 2.24) is 14.8 Å². The summed E-state index contributed by atoms with van der Waals surface area (Å²) in [6.45, 7) is 4.96. The first-order valence-electron chi connectivity index (χ1n) is 9.17. The second-order valence-electron chi connectivity index (χ2n) is 6.79. The number of hydrogen-bond acceptors (Lipinski definition) is 6. The molecule has 0 radical (unpaired) electrons. The Morgan fingerprint density at radius 2 is 1.86 bits per heavy atom. The first kappa shape index (κ1) is 21.3. The summed E-state index contributed by atoms with van der Waals surface area (Å²) in [6, 6.07) is 5.01. The van der Waals surface area contributed by atoms with Gasteiger partial charge in [-0.25, -0.2) is 9.78 Å². The number of alkyl halides is 3. The predicted octanol–water partition coefficient (Wildman–Crippen LogP) is 2.73. The number of aromatic nitrogens is 1. The van der Waals surface area contributed by atoms with Crippen LogP contribution in [0.4, 0.5) is 13.2 Å². The number of ether oxygens (including phenoxy) is 1. The standard InChI is InChI=1S/C19H22F3N3O4/c20-19(21,22)15-3-1-14(2-4-15)11-25(6-5-24-7-9-28-10-8-24)12-17-23-16(13-29-17)18(26)27/h1-4,13H,5-12H2,(H,26,27). The average Bonchev–Trinajstić information content (AvgIpc) is 3.15. The van der Waals surface area contributed by atoms with E-state index in [2.05, 4.69) is 9.88 Å². The first-order chi connectivity index (χ1) is 13.8. The minimum atomic E-state index is -4.38. The van der Waals surface area contributed by atoms with E-state index in [1.165, 1.54) is 12.1 Å². The van der Waals surface area contributed by atoms with Gasteiger partial charge in [0.25, 0.3) is 0 Å². The largest absolute Gasteiger partial charge is 0.476 e. The van der Waals surface area contributed by atoms with Crippen molar-refractivity contribution in [2.24, 2.45) is 0 Å². The molecule has 1 fully saturated rings. The third-order valence-electron chi connectivity index (χ3n) is 4.65. The van der Waals surface area contributed by atoms with Crippen molar-refractivity contribution in [3.63, 3.8) is 0 Å². The number of hydrogen-bond donors (Lipinski definition) is 1. The lowest BCUT2D eigenvalue weighted by Crippen LogP contribution is -2.41. The van der Waals surface area contributed by atoms with Crippen LogP contribution in [0.2, 0.25) is 0 Å². The van der Waals surface area contributed by atoms with Crippen molar-refractivity contribution >= 4 is 5.97 Å². The van der Waals surface area contributed by atoms with Crippen LogP contribution in [0.5, 0.6) is 0 Å². The van der Waals surface area contributed by atoms with Crippen molar-refractivity contribution in [3.8, 4) is 0 Å². The SMILES string of the molecule is O=C(O)c1coc(CN(CCN2CCOCC2)Cc2ccc(C(F)(F)F)cc2)n1. The van der Waals surface area contributed by atoms with Crippen molar-refractivity contribution < 1.29 is 32.2 Å². The van der Waals surface area contributed by atoms with E-state index >= 15 is 0 Å². The van der Waals surface area contributed by atoms with Crippen LogP contribution in [0.25, 0.3) is 0 Å². The summed E-state index contributed by atoms with van der Waals surface area (Å²) < 4.78 is 48.9. The molecule has 29 heavy (non-hydrogen) atoms. The van der Waals surface area contributed by atoms with Crippen LogP contribution in [-0.4, -0.2) is 65.3 Å². The molecule has 2 aromatic rings. The molecular formula is C19H22F3N3O4. The number of oxazole rings is 1. The number of carbonyl (C=O) groups is 1. The van der Waals surface area contributed by atoms with Gasteiger partial charge in [0.15, 0.2) is 5.69 Å². The third kappa shape index (κ3) is 6.28. The van der Waals surface area contributed by atoms with Crippen LogP contribution in [0.15, 0.2) is 34.9 Å². The van der Waals surface area contributed by atoms with Gasteiger partial charge in [0.2, 0.25) is 5.89 Å². The highest BCUT2D eigenvalue weighted by Crippen LogP contribution is 2.29. The number of carboxylic acid groups (broad SMARTS) is 1. The molecule has 1 aliphatic heterocycles. The van der Waals surface area contributed by atoms with Crippen LogP contribution in [0.3, 0.4) is 0 Å². The maximum atomic E-state index is 12.8. The zero-order valence-corrected chi connectivity index (χ0v) is 15.7. The molecule has 158 valence electrons. The van der Waals surface area contributed by atoms with E-state index in [1.54, 1.807) is 0 Å². The molecule has 1 N–H and O–H groups in total. The zero-order valence-electron chi connectivity index (χ0n) is 15.7. The van der Waals surface area contributed by atoms with Crippen LogP contribution < -0.4 is 0 Å². The lowest BCUT2D eigenvalue weighted by atomic mass is 10.1. The Balaban J connectivity index is 1.67. The van der Waals surface area contributed by atoms with Gasteiger partial charge in [-0.3, -0.25) is 9.80 Å². The van der Waals surface area contributed by atoms with Gasteiger partial charge in [-0.1, -0.05) is 12.1 Å². The van der Waals surface area contributed by atoms with E-state index < -0.39 is 17.7 Å². The molecule has 2 heterocycles. The minimum Gasteiger partial charge on any atom is -0.476 e. The molecule has 0 spiro atoms. The fourth-order valence-corrected chi connectivity index (χ4v) is 3.05. The van der Waals surface area contributed by atoms with E-state index in [-0.39, 0.29) is 18.1 Å². The Labute approximate surface area is 165 Å². The fraction of sp³-hybridized carbons (Fsp3) is 0.474. The molecule has 0 unspecified atom stereocenters. The Morgan fingerprint density at radius 3 is 2.45 bits per heavy atom. The highest BCUT2D eigenvalue weighted by atomic mass is 19.4. The van der Waals surface area contributed by atoms with Crippen molar-refractivity contribution in [2.75, 3.05) is 39.4 Å². The molecule has 0 atom stereocenters. The molecule has 7 nitrogen and oxygen atoms in total. The van der Waals surface area contributed by atoms with E-state index in [4.69, 9.17) is 14.3 Å². The first-order valence-corrected chi connectivity index (χ1v) is 9.17. The third-order valence-corrected chi connectivity index (χ3v) is 4.65. The topological polar surface area (TPSA) is 79.0 Å². The number of benzene rings is 1. The summed E-state index contributed by atoms with van der Waals surface area (Å²) in [7, 11) is 0. The normalized spacial score (nSPS) is 15.7. The molecule has 3 rings (SSSR count). The van der Waals surface area contributed by atoms with Crippen molar-refractivity contribution in [1.29, 1.82) is 0 Å². The number of halogens is 3. The second-order valence-corrected chi connectivity index (χ2v) is 6.79. The molecule has 0 aliphatic carbocycles. The van der Waals surface area contributed by atoms with E-state index in [9.17, 15) is 18.0 Å². The molecule has 0 bridgehead atoms. The molecule has 1 aliphatic rings. The summed E-state index contributed by atoms with van der Waals surface area (Å²) in [4.78, 5) is 19.1. The summed E-state index contributed by atoms with van der Waals surface area (Å²) in [5.41, 5.74) is -0.160. The van der Waals surface area contributed by atoms with Gasteiger partial charge in [-0.2, -0.15) is 13.2 Å². The van der Waals surface area contributed by atoms with Crippen LogP contribution in [-0.2, 0) is 24.0 Å². The van der Waals surface area contributed by atoms with E-state index in [0.717, 1.165) is 38.0 Å². The Kier molecular flexibility index (Phi) is 6.88. The predicted molar refractivity (Wildman–Crippen MR) is 96.3 cm³/mol. The van der Waals surface area contributed by atoms with Crippen LogP contribution >= 0.6 is 0 Å².